The van der Waals surface area contributed by atoms with Crippen LogP contribution in [0.5, 0.6) is 0 Å². The van der Waals surface area contributed by atoms with Gasteiger partial charge in [-0.1, -0.05) is 6.58 Å². The summed E-state index contributed by atoms with van der Waals surface area (Å²) in [6.07, 6.45) is -3.00. The first kappa shape index (κ1) is 19.9. The maximum atomic E-state index is 9.87. The van der Waals surface area contributed by atoms with E-state index in [9.17, 15) is 9.59 Å². The maximum Gasteiger partial charge on any atom is 0.331 e. The van der Waals surface area contributed by atoms with Crippen LogP contribution < -0.4 is 0 Å². The number of hydrogen-bond donors (Lipinski definition) is 5. The van der Waals surface area contributed by atoms with Crippen LogP contribution in [-0.4, -0.2) is 61.1 Å². The summed E-state index contributed by atoms with van der Waals surface area (Å²) in [6.45, 7) is 7.47. The fourth-order valence-electron chi connectivity index (χ4n) is 1.19. The monoisotopic (exact) mass is 279 g/mol. The molecule has 0 aromatic heterocycles. The molecule has 0 aromatic carbocycles. The molecule has 0 saturated heterocycles. The fraction of sp³-hybridized carbons (Fsp3) is 0.636. The van der Waals surface area contributed by atoms with Crippen molar-refractivity contribution in [1.82, 2.24) is 4.90 Å². The number of hydrogen-bond acceptors (Lipinski definition) is 6. The Hall–Kier alpha value is -1.48. The van der Waals surface area contributed by atoms with Crippen molar-refractivity contribution < 1.29 is 35.1 Å². The molecule has 0 heterocycles. The molecule has 0 rings (SSSR count). The minimum Gasteiger partial charge on any atom is -0.481 e. The second-order valence-corrected chi connectivity index (χ2v) is 3.82. The van der Waals surface area contributed by atoms with E-state index < -0.39 is 37.0 Å². The summed E-state index contributed by atoms with van der Waals surface area (Å²) < 4.78 is 0. The summed E-state index contributed by atoms with van der Waals surface area (Å²) in [6, 6.07) is 0. The van der Waals surface area contributed by atoms with E-state index >= 15 is 0 Å². The highest BCUT2D eigenvalue weighted by molar-refractivity contribution is 5.91. The zero-order chi connectivity index (χ0) is 15.7. The van der Waals surface area contributed by atoms with Crippen LogP contribution in [0.25, 0.3) is 0 Å². The maximum absolute atomic E-state index is 9.87. The van der Waals surface area contributed by atoms with Crippen LogP contribution in [-0.2, 0) is 9.59 Å². The van der Waals surface area contributed by atoms with Crippen molar-refractivity contribution in [3.8, 4) is 0 Å². The lowest BCUT2D eigenvalue weighted by atomic mass is 10.2. The van der Waals surface area contributed by atoms with Gasteiger partial charge in [0.15, 0.2) is 0 Å². The Morgan fingerprint density at radius 2 is 1.32 bits per heavy atom. The molecule has 112 valence electrons. The van der Waals surface area contributed by atoms with E-state index in [4.69, 9.17) is 25.5 Å². The van der Waals surface area contributed by atoms with Gasteiger partial charge in [-0.05, 0) is 20.8 Å². The van der Waals surface area contributed by atoms with Crippen LogP contribution >= 0.6 is 0 Å². The molecule has 0 amide bonds. The number of nitrogens with zero attached hydrogens (tertiary/aromatic N) is 1. The van der Waals surface area contributed by atoms with Gasteiger partial charge in [0, 0.05) is 5.57 Å². The molecule has 8 heteroatoms. The number of carboxylic acids is 2. The molecule has 0 saturated carbocycles. The van der Waals surface area contributed by atoms with E-state index in [2.05, 4.69) is 6.58 Å². The summed E-state index contributed by atoms with van der Waals surface area (Å²) in [5.74, 6) is -2.44. The standard InChI is InChI=1S/C6H15NO3.C5H6O4/c1-4(8)7(5(2)9)6(3)10;1-3(5(8)9)2-4(6)7/h4-6,8-10H,1-3H3;1-2H2,(H,6,7)(H,8,9). The molecular weight excluding hydrogens is 258 g/mol. The smallest absolute Gasteiger partial charge is 0.331 e. The van der Waals surface area contributed by atoms with E-state index in [0.717, 1.165) is 0 Å². The average molecular weight is 279 g/mol. The lowest BCUT2D eigenvalue weighted by molar-refractivity contribution is -0.159. The van der Waals surface area contributed by atoms with Crippen molar-refractivity contribution in [3.05, 3.63) is 12.2 Å². The number of aliphatic hydroxyl groups is 3. The lowest BCUT2D eigenvalue weighted by Gasteiger charge is -2.30. The van der Waals surface area contributed by atoms with Crippen molar-refractivity contribution in [2.75, 3.05) is 0 Å². The first-order valence-electron chi connectivity index (χ1n) is 5.45. The molecule has 3 atom stereocenters. The Morgan fingerprint density at radius 1 is 1.00 bits per heavy atom. The molecule has 0 aliphatic heterocycles. The molecule has 0 bridgehead atoms. The predicted molar refractivity (Wildman–Crippen MR) is 65.9 cm³/mol. The Kier molecular flexibility index (Phi) is 9.87. The topological polar surface area (TPSA) is 139 Å². The molecule has 0 fully saturated rings. The molecule has 19 heavy (non-hydrogen) atoms. The normalized spacial score (nSPS) is 14.9. The van der Waals surface area contributed by atoms with Crippen LogP contribution in [0.4, 0.5) is 0 Å². The predicted octanol–water partition coefficient (Wildman–Crippen LogP) is -0.595. The van der Waals surface area contributed by atoms with Gasteiger partial charge < -0.3 is 25.5 Å². The van der Waals surface area contributed by atoms with Crippen molar-refractivity contribution in [3.63, 3.8) is 0 Å². The van der Waals surface area contributed by atoms with Crippen molar-refractivity contribution >= 4 is 11.9 Å². The van der Waals surface area contributed by atoms with Gasteiger partial charge in [0.05, 0.1) is 6.42 Å². The van der Waals surface area contributed by atoms with Gasteiger partial charge >= 0.3 is 11.9 Å². The number of rotatable bonds is 6. The summed E-state index contributed by atoms with van der Waals surface area (Å²) in [5, 5.41) is 43.0. The van der Waals surface area contributed by atoms with Crippen molar-refractivity contribution in [2.45, 2.75) is 45.9 Å². The summed E-state index contributed by atoms with van der Waals surface area (Å²) >= 11 is 0. The third-order valence-electron chi connectivity index (χ3n) is 1.96. The first-order chi connectivity index (χ1) is 8.50. The molecule has 0 radical (unpaired) electrons. The van der Waals surface area contributed by atoms with Crippen LogP contribution in [0.2, 0.25) is 0 Å². The minimum absolute atomic E-state index is 0.303. The van der Waals surface area contributed by atoms with Crippen LogP contribution in [0, 0.1) is 0 Å². The largest absolute Gasteiger partial charge is 0.481 e. The van der Waals surface area contributed by atoms with Crippen LogP contribution in [0.1, 0.15) is 27.2 Å². The third kappa shape index (κ3) is 10.2. The summed E-state index contributed by atoms with van der Waals surface area (Å²) in [7, 11) is 0. The lowest BCUT2D eigenvalue weighted by Crippen LogP contribution is -2.45. The van der Waals surface area contributed by atoms with Crippen molar-refractivity contribution in [1.29, 1.82) is 0 Å². The zero-order valence-electron chi connectivity index (χ0n) is 11.1. The molecule has 0 aromatic rings. The highest BCUT2D eigenvalue weighted by Crippen LogP contribution is 2.04. The third-order valence-corrected chi connectivity index (χ3v) is 1.96. The van der Waals surface area contributed by atoms with E-state index in [1.54, 1.807) is 0 Å². The number of aliphatic hydroxyl groups excluding tert-OH is 3. The SMILES string of the molecule is C=C(CC(=O)O)C(=O)O.CC(O)N(C(C)O)C(C)O. The summed E-state index contributed by atoms with van der Waals surface area (Å²) in [5.41, 5.74) is -0.303. The van der Waals surface area contributed by atoms with Gasteiger partial charge in [0.1, 0.15) is 18.7 Å². The number of carbonyl (C=O) groups is 2. The number of aliphatic carboxylic acids is 2. The van der Waals surface area contributed by atoms with Gasteiger partial charge in [-0.2, -0.15) is 0 Å². The average Bonchev–Trinajstić information content (AvgIpc) is 2.14. The Labute approximate surface area is 111 Å². The van der Waals surface area contributed by atoms with Gasteiger partial charge in [0.2, 0.25) is 0 Å². The van der Waals surface area contributed by atoms with E-state index in [-0.39, 0.29) is 5.57 Å². The van der Waals surface area contributed by atoms with Gasteiger partial charge in [0.25, 0.3) is 0 Å². The van der Waals surface area contributed by atoms with E-state index in [0.29, 0.717) is 0 Å². The van der Waals surface area contributed by atoms with Crippen LogP contribution in [0.3, 0.4) is 0 Å². The van der Waals surface area contributed by atoms with Gasteiger partial charge in [-0.3, -0.25) is 4.79 Å². The molecule has 5 N–H and O–H groups in total. The van der Waals surface area contributed by atoms with Crippen LogP contribution in [0.15, 0.2) is 12.2 Å². The number of carboxylic acid groups (broad SMARTS) is 2. The highest BCUT2D eigenvalue weighted by atomic mass is 16.4. The van der Waals surface area contributed by atoms with Gasteiger partial charge in [-0.25, -0.2) is 9.69 Å². The van der Waals surface area contributed by atoms with E-state index in [1.165, 1.54) is 25.7 Å². The Bertz CT molecular complexity index is 293. The Balaban J connectivity index is 0. The highest BCUT2D eigenvalue weighted by Gasteiger charge is 2.20. The quantitative estimate of drug-likeness (QED) is 0.321. The summed E-state index contributed by atoms with van der Waals surface area (Å²) in [4.78, 5) is 20.8. The molecule has 8 nitrogen and oxygen atoms in total. The molecule has 0 aliphatic carbocycles. The molecule has 0 spiro atoms. The second kappa shape index (κ2) is 9.45. The van der Waals surface area contributed by atoms with Crippen molar-refractivity contribution in [2.24, 2.45) is 0 Å². The first-order valence-corrected chi connectivity index (χ1v) is 5.45. The molecule has 0 aliphatic rings. The van der Waals surface area contributed by atoms with E-state index in [1.807, 2.05) is 0 Å². The fourth-order valence-corrected chi connectivity index (χ4v) is 1.19. The molecule has 3 unspecified atom stereocenters. The minimum atomic E-state index is -1.27. The second-order valence-electron chi connectivity index (χ2n) is 3.82. The zero-order valence-corrected chi connectivity index (χ0v) is 11.1. The van der Waals surface area contributed by atoms with Gasteiger partial charge in [-0.15, -0.1) is 0 Å². The molecular formula is C11H21NO7. The Morgan fingerprint density at radius 3 is 1.37 bits per heavy atom.